The van der Waals surface area contributed by atoms with Crippen molar-refractivity contribution in [3.63, 3.8) is 0 Å². The highest BCUT2D eigenvalue weighted by Gasteiger charge is 2.09. The van der Waals surface area contributed by atoms with Gasteiger partial charge in [0.15, 0.2) is 5.65 Å². The van der Waals surface area contributed by atoms with Crippen LogP contribution < -0.4 is 0 Å². The molecule has 0 fully saturated rings. The molecule has 1 aromatic carbocycles. The summed E-state index contributed by atoms with van der Waals surface area (Å²) in [6.07, 6.45) is 9.43. The molecule has 0 saturated carbocycles. The van der Waals surface area contributed by atoms with E-state index in [2.05, 4.69) is 33.1 Å². The summed E-state index contributed by atoms with van der Waals surface area (Å²) in [5.41, 5.74) is 2.98. The van der Waals surface area contributed by atoms with Crippen molar-refractivity contribution in [3.05, 3.63) is 54.1 Å². The third-order valence-electron chi connectivity index (χ3n) is 2.97. The number of hydrogen-bond acceptors (Lipinski definition) is 3. The van der Waals surface area contributed by atoms with Gasteiger partial charge in [-0.2, -0.15) is 5.10 Å². The fourth-order valence-corrected chi connectivity index (χ4v) is 2.07. The van der Waals surface area contributed by atoms with Gasteiger partial charge in [-0.3, -0.25) is 0 Å². The van der Waals surface area contributed by atoms with Crippen LogP contribution in [0.3, 0.4) is 0 Å². The van der Waals surface area contributed by atoms with Gasteiger partial charge < -0.3 is 0 Å². The van der Waals surface area contributed by atoms with E-state index in [0.717, 1.165) is 23.1 Å². The molecule has 0 unspecified atom stereocenters. The van der Waals surface area contributed by atoms with E-state index in [9.17, 15) is 0 Å². The SMILES string of the molecule is C#CCn1ncc2c(Cc3ccccc3)ncnc21. The van der Waals surface area contributed by atoms with Crippen LogP contribution in [0.5, 0.6) is 0 Å². The van der Waals surface area contributed by atoms with Crippen molar-refractivity contribution < 1.29 is 0 Å². The number of rotatable bonds is 3. The molecule has 0 atom stereocenters. The number of aromatic nitrogens is 4. The molecule has 0 aliphatic carbocycles. The van der Waals surface area contributed by atoms with E-state index in [1.807, 2.05) is 18.2 Å². The molecule has 0 saturated heterocycles. The lowest BCUT2D eigenvalue weighted by atomic mass is 10.1. The molecule has 4 heteroatoms. The van der Waals surface area contributed by atoms with Crippen LogP contribution in [0.1, 0.15) is 11.3 Å². The van der Waals surface area contributed by atoms with Gasteiger partial charge in [0.05, 0.1) is 17.3 Å². The average molecular weight is 248 g/mol. The number of hydrogen-bond donors (Lipinski definition) is 0. The zero-order valence-electron chi connectivity index (χ0n) is 10.3. The van der Waals surface area contributed by atoms with E-state index in [4.69, 9.17) is 6.42 Å². The summed E-state index contributed by atoms with van der Waals surface area (Å²) in [5, 5.41) is 5.22. The Bertz CT molecular complexity index is 738. The highest BCUT2D eigenvalue weighted by molar-refractivity contribution is 5.77. The van der Waals surface area contributed by atoms with Gasteiger partial charge in [0.2, 0.25) is 0 Å². The van der Waals surface area contributed by atoms with Crippen LogP contribution in [0.2, 0.25) is 0 Å². The first kappa shape index (κ1) is 11.4. The van der Waals surface area contributed by atoms with Gasteiger partial charge in [0.25, 0.3) is 0 Å². The second kappa shape index (κ2) is 4.91. The van der Waals surface area contributed by atoms with Gasteiger partial charge in [-0.05, 0) is 5.56 Å². The first-order valence-electron chi connectivity index (χ1n) is 6.01. The Morgan fingerprint density at radius 3 is 2.79 bits per heavy atom. The van der Waals surface area contributed by atoms with Gasteiger partial charge in [0, 0.05) is 6.42 Å². The quantitative estimate of drug-likeness (QED) is 0.666. The first-order valence-corrected chi connectivity index (χ1v) is 6.01. The minimum atomic E-state index is 0.422. The molecule has 3 aromatic rings. The molecule has 2 aromatic heterocycles. The fourth-order valence-electron chi connectivity index (χ4n) is 2.07. The van der Waals surface area contributed by atoms with Crippen molar-refractivity contribution >= 4 is 11.0 Å². The highest BCUT2D eigenvalue weighted by Crippen LogP contribution is 2.17. The lowest BCUT2D eigenvalue weighted by Crippen LogP contribution is -2.00. The molecule has 0 aliphatic heterocycles. The lowest BCUT2D eigenvalue weighted by Gasteiger charge is -2.02. The van der Waals surface area contributed by atoms with Crippen LogP contribution in [-0.4, -0.2) is 19.7 Å². The van der Waals surface area contributed by atoms with E-state index in [0.29, 0.717) is 6.54 Å². The Hall–Kier alpha value is -2.67. The number of nitrogens with zero attached hydrogens (tertiary/aromatic N) is 4. The molecule has 92 valence electrons. The summed E-state index contributed by atoms with van der Waals surface area (Å²) >= 11 is 0. The third-order valence-corrected chi connectivity index (χ3v) is 2.97. The Morgan fingerprint density at radius 1 is 1.16 bits per heavy atom. The predicted octanol–water partition coefficient (Wildman–Crippen LogP) is 2.05. The predicted molar refractivity (Wildman–Crippen MR) is 73.4 cm³/mol. The standard InChI is InChI=1S/C15H12N4/c1-2-8-19-15-13(10-18-19)14(16-11-17-15)9-12-6-4-3-5-7-12/h1,3-7,10-11H,8-9H2. The Kier molecular flexibility index (Phi) is 2.95. The zero-order valence-corrected chi connectivity index (χ0v) is 10.3. The van der Waals surface area contributed by atoms with Crippen molar-refractivity contribution in [2.24, 2.45) is 0 Å². The monoisotopic (exact) mass is 248 g/mol. The number of fused-ring (bicyclic) bond motifs is 1. The van der Waals surface area contributed by atoms with E-state index in [-0.39, 0.29) is 0 Å². The molecular weight excluding hydrogens is 236 g/mol. The van der Waals surface area contributed by atoms with Crippen molar-refractivity contribution in [1.29, 1.82) is 0 Å². The van der Waals surface area contributed by atoms with E-state index in [1.54, 1.807) is 17.2 Å². The molecular formula is C15H12N4. The van der Waals surface area contributed by atoms with Crippen LogP contribution >= 0.6 is 0 Å². The maximum atomic E-state index is 5.32. The van der Waals surface area contributed by atoms with Crippen LogP contribution in [0, 0.1) is 12.3 Å². The van der Waals surface area contributed by atoms with E-state index < -0.39 is 0 Å². The van der Waals surface area contributed by atoms with Gasteiger partial charge in [0.1, 0.15) is 12.9 Å². The lowest BCUT2D eigenvalue weighted by molar-refractivity contribution is 0.733. The molecule has 0 aliphatic rings. The molecule has 2 heterocycles. The fraction of sp³-hybridized carbons (Fsp3) is 0.133. The molecule has 0 N–H and O–H groups in total. The first-order chi connectivity index (χ1) is 9.38. The van der Waals surface area contributed by atoms with E-state index in [1.165, 1.54) is 5.56 Å². The van der Waals surface area contributed by atoms with Crippen LogP contribution in [0.15, 0.2) is 42.9 Å². The summed E-state index contributed by atoms with van der Waals surface area (Å²) in [6, 6.07) is 10.2. The minimum Gasteiger partial charge on any atom is -0.240 e. The molecule has 19 heavy (non-hydrogen) atoms. The topological polar surface area (TPSA) is 43.6 Å². The molecule has 0 spiro atoms. The smallest absolute Gasteiger partial charge is 0.162 e. The third kappa shape index (κ3) is 2.18. The second-order valence-corrected chi connectivity index (χ2v) is 4.23. The molecule has 0 amide bonds. The van der Waals surface area contributed by atoms with Gasteiger partial charge in [-0.25, -0.2) is 14.6 Å². The summed E-state index contributed by atoms with van der Waals surface area (Å²) in [6.45, 7) is 0.422. The Labute approximate surface area is 111 Å². The summed E-state index contributed by atoms with van der Waals surface area (Å²) < 4.78 is 1.71. The van der Waals surface area contributed by atoms with E-state index >= 15 is 0 Å². The normalized spacial score (nSPS) is 10.5. The largest absolute Gasteiger partial charge is 0.240 e. The van der Waals surface area contributed by atoms with Crippen LogP contribution in [0.4, 0.5) is 0 Å². The molecule has 0 radical (unpaired) electrons. The number of terminal acetylenes is 1. The zero-order chi connectivity index (χ0) is 13.1. The maximum absolute atomic E-state index is 5.32. The van der Waals surface area contributed by atoms with Crippen molar-refractivity contribution in [2.75, 3.05) is 0 Å². The molecule has 3 rings (SSSR count). The van der Waals surface area contributed by atoms with Gasteiger partial charge >= 0.3 is 0 Å². The summed E-state index contributed by atoms with van der Waals surface area (Å²) in [7, 11) is 0. The highest BCUT2D eigenvalue weighted by atomic mass is 15.3. The van der Waals surface area contributed by atoms with Crippen LogP contribution in [0.25, 0.3) is 11.0 Å². The number of benzene rings is 1. The Morgan fingerprint density at radius 2 is 2.00 bits per heavy atom. The second-order valence-electron chi connectivity index (χ2n) is 4.23. The Balaban J connectivity index is 2.03. The summed E-state index contributed by atoms with van der Waals surface area (Å²) in [4.78, 5) is 8.62. The van der Waals surface area contributed by atoms with Crippen molar-refractivity contribution in [3.8, 4) is 12.3 Å². The minimum absolute atomic E-state index is 0.422. The van der Waals surface area contributed by atoms with Crippen molar-refractivity contribution in [2.45, 2.75) is 13.0 Å². The molecule has 4 nitrogen and oxygen atoms in total. The average Bonchev–Trinajstić information content (AvgIpc) is 2.85. The maximum Gasteiger partial charge on any atom is 0.162 e. The van der Waals surface area contributed by atoms with Crippen molar-refractivity contribution in [1.82, 2.24) is 19.7 Å². The van der Waals surface area contributed by atoms with Gasteiger partial charge in [-0.1, -0.05) is 36.3 Å². The molecule has 0 bridgehead atoms. The van der Waals surface area contributed by atoms with Crippen LogP contribution in [-0.2, 0) is 13.0 Å². The summed E-state index contributed by atoms with van der Waals surface area (Å²) in [5.74, 6) is 2.57. The van der Waals surface area contributed by atoms with Gasteiger partial charge in [-0.15, -0.1) is 6.42 Å².